The zero-order chi connectivity index (χ0) is 18.4. The first-order chi connectivity index (χ1) is 11.8. The van der Waals surface area contributed by atoms with Gasteiger partial charge in [0.2, 0.25) is 5.91 Å². The highest BCUT2D eigenvalue weighted by molar-refractivity contribution is 6.30. The second-order valence-electron chi connectivity index (χ2n) is 6.68. The number of nitrogens with one attached hydrogen (secondary N) is 1. The topological polar surface area (TPSA) is 72.9 Å². The van der Waals surface area contributed by atoms with Gasteiger partial charge >= 0.3 is 5.97 Å². The maximum Gasteiger partial charge on any atom is 0.317 e. The van der Waals surface area contributed by atoms with Crippen LogP contribution in [0.4, 0.5) is 5.69 Å². The average Bonchev–Trinajstić information content (AvgIpc) is 2.75. The third-order valence-electron chi connectivity index (χ3n) is 4.63. The Morgan fingerprint density at radius 1 is 1.35 bits per heavy atom. The summed E-state index contributed by atoms with van der Waals surface area (Å²) in [5, 5.41) is 12.5. The number of rotatable bonds is 6. The van der Waals surface area contributed by atoms with Crippen molar-refractivity contribution in [3.63, 3.8) is 0 Å². The zero-order valence-corrected chi connectivity index (χ0v) is 16.8. The molecule has 0 bridgehead atoms. The molecular formula is C18H27Cl2N3O3. The van der Waals surface area contributed by atoms with Crippen LogP contribution >= 0.6 is 24.0 Å². The van der Waals surface area contributed by atoms with Gasteiger partial charge in [-0.3, -0.25) is 19.4 Å². The van der Waals surface area contributed by atoms with E-state index in [1.807, 2.05) is 31.0 Å². The van der Waals surface area contributed by atoms with Crippen molar-refractivity contribution in [1.29, 1.82) is 0 Å². The molecule has 1 aromatic carbocycles. The van der Waals surface area contributed by atoms with Crippen molar-refractivity contribution in [3.05, 3.63) is 28.8 Å². The van der Waals surface area contributed by atoms with Crippen molar-refractivity contribution in [2.24, 2.45) is 0 Å². The van der Waals surface area contributed by atoms with Gasteiger partial charge in [-0.1, -0.05) is 11.6 Å². The van der Waals surface area contributed by atoms with Gasteiger partial charge in [-0.25, -0.2) is 0 Å². The molecule has 0 saturated carbocycles. The molecule has 8 heteroatoms. The molecule has 0 radical (unpaired) electrons. The number of hydrogen-bond donors (Lipinski definition) is 2. The van der Waals surface area contributed by atoms with Crippen molar-refractivity contribution >= 4 is 41.6 Å². The van der Waals surface area contributed by atoms with Crippen LogP contribution in [0, 0.1) is 6.92 Å². The van der Waals surface area contributed by atoms with Gasteiger partial charge in [-0.2, -0.15) is 0 Å². The normalized spacial score (nSPS) is 18.1. The fraction of sp³-hybridized carbons (Fsp3) is 0.556. The van der Waals surface area contributed by atoms with Crippen LogP contribution in [0.15, 0.2) is 18.2 Å². The fourth-order valence-electron chi connectivity index (χ4n) is 3.24. The Labute approximate surface area is 165 Å². The third kappa shape index (κ3) is 7.11. The summed E-state index contributed by atoms with van der Waals surface area (Å²) in [6.45, 7) is 3.96. The van der Waals surface area contributed by atoms with E-state index in [0.717, 1.165) is 43.6 Å². The number of amides is 1. The number of carboxylic acid groups (broad SMARTS) is 1. The molecule has 0 aliphatic carbocycles. The van der Waals surface area contributed by atoms with Gasteiger partial charge in [0.15, 0.2) is 0 Å². The minimum Gasteiger partial charge on any atom is -0.480 e. The molecule has 0 spiro atoms. The van der Waals surface area contributed by atoms with E-state index in [1.54, 1.807) is 6.07 Å². The Morgan fingerprint density at radius 3 is 2.73 bits per heavy atom. The number of nitrogens with zero attached hydrogens (tertiary/aromatic N) is 2. The molecule has 1 amide bonds. The Balaban J connectivity index is 0.00000338. The van der Waals surface area contributed by atoms with Crippen molar-refractivity contribution in [3.8, 4) is 0 Å². The summed E-state index contributed by atoms with van der Waals surface area (Å²) in [6, 6.07) is 5.66. The van der Waals surface area contributed by atoms with Gasteiger partial charge < -0.3 is 10.4 Å². The minimum atomic E-state index is -0.804. The summed E-state index contributed by atoms with van der Waals surface area (Å²) in [4.78, 5) is 27.2. The van der Waals surface area contributed by atoms with Crippen molar-refractivity contribution < 1.29 is 14.7 Å². The fourth-order valence-corrected chi connectivity index (χ4v) is 3.47. The Bertz CT molecular complexity index is 628. The molecule has 2 N–H and O–H groups in total. The third-order valence-corrected chi connectivity index (χ3v) is 4.86. The van der Waals surface area contributed by atoms with E-state index in [4.69, 9.17) is 16.7 Å². The summed E-state index contributed by atoms with van der Waals surface area (Å²) in [6.07, 6.45) is 2.79. The van der Waals surface area contributed by atoms with Crippen LogP contribution in [-0.2, 0) is 9.59 Å². The summed E-state index contributed by atoms with van der Waals surface area (Å²) >= 11 is 5.94. The van der Waals surface area contributed by atoms with Gasteiger partial charge in [0.25, 0.3) is 0 Å². The first kappa shape index (κ1) is 22.7. The SMILES string of the molecule is Cc1cc(Cl)ccc1NC(=O)CN1CCCC(N(C)CC(=O)O)CC1.Cl. The van der Waals surface area contributed by atoms with Gasteiger partial charge in [0.1, 0.15) is 0 Å². The molecule has 1 atom stereocenters. The monoisotopic (exact) mass is 403 g/mol. The lowest BCUT2D eigenvalue weighted by molar-refractivity contribution is -0.138. The lowest BCUT2D eigenvalue weighted by Crippen LogP contribution is -2.37. The maximum absolute atomic E-state index is 12.3. The molecule has 1 fully saturated rings. The van der Waals surface area contributed by atoms with E-state index in [-0.39, 0.29) is 30.9 Å². The number of carbonyl (C=O) groups is 2. The molecule has 1 aliphatic rings. The molecule has 1 heterocycles. The van der Waals surface area contributed by atoms with E-state index in [0.29, 0.717) is 11.6 Å². The molecule has 1 saturated heterocycles. The number of carboxylic acids is 1. The largest absolute Gasteiger partial charge is 0.480 e. The van der Waals surface area contributed by atoms with Gasteiger partial charge in [-0.05, 0) is 63.5 Å². The highest BCUT2D eigenvalue weighted by Gasteiger charge is 2.22. The van der Waals surface area contributed by atoms with Crippen LogP contribution in [0.3, 0.4) is 0 Å². The second-order valence-corrected chi connectivity index (χ2v) is 7.11. The molecule has 1 aromatic rings. The quantitative estimate of drug-likeness (QED) is 0.763. The van der Waals surface area contributed by atoms with E-state index in [1.165, 1.54) is 0 Å². The van der Waals surface area contributed by atoms with Crippen LogP contribution in [0.1, 0.15) is 24.8 Å². The highest BCUT2D eigenvalue weighted by Crippen LogP contribution is 2.20. The number of aliphatic carboxylic acids is 1. The first-order valence-electron chi connectivity index (χ1n) is 8.55. The van der Waals surface area contributed by atoms with Gasteiger partial charge in [0.05, 0.1) is 13.1 Å². The molecule has 0 aromatic heterocycles. The van der Waals surface area contributed by atoms with Crippen molar-refractivity contribution in [2.45, 2.75) is 32.2 Å². The Kier molecular flexibility index (Phi) is 9.36. The smallest absolute Gasteiger partial charge is 0.317 e. The zero-order valence-electron chi connectivity index (χ0n) is 15.2. The Hall–Kier alpha value is -1.34. The number of likely N-dealkylation sites (N-methyl/N-ethyl adjacent to an activating group) is 1. The lowest BCUT2D eigenvalue weighted by Gasteiger charge is -2.25. The number of aryl methyl sites for hydroxylation is 1. The molecule has 6 nitrogen and oxygen atoms in total. The summed E-state index contributed by atoms with van der Waals surface area (Å²) in [5.41, 5.74) is 1.72. The first-order valence-corrected chi connectivity index (χ1v) is 8.93. The molecule has 146 valence electrons. The summed E-state index contributed by atoms with van der Waals surface area (Å²) in [7, 11) is 1.85. The number of benzene rings is 1. The number of halogens is 2. The number of anilines is 1. The van der Waals surface area contributed by atoms with Crippen LogP contribution in [-0.4, -0.2) is 66.1 Å². The minimum absolute atomic E-state index is 0. The van der Waals surface area contributed by atoms with Crippen molar-refractivity contribution in [1.82, 2.24) is 9.80 Å². The van der Waals surface area contributed by atoms with E-state index in [9.17, 15) is 9.59 Å². The van der Waals surface area contributed by atoms with E-state index >= 15 is 0 Å². The van der Waals surface area contributed by atoms with Crippen LogP contribution in [0.5, 0.6) is 0 Å². The van der Waals surface area contributed by atoms with E-state index < -0.39 is 5.97 Å². The average molecular weight is 404 g/mol. The predicted molar refractivity (Wildman–Crippen MR) is 106 cm³/mol. The standard InChI is InChI=1S/C18H26ClN3O3.ClH/c1-13-10-14(19)5-6-16(13)20-17(23)11-22-8-3-4-15(7-9-22)21(2)12-18(24)25;/h5-6,10,15H,3-4,7-9,11-12H2,1-2H3,(H,20,23)(H,24,25);1H. The number of hydrogen-bond acceptors (Lipinski definition) is 4. The lowest BCUT2D eigenvalue weighted by atomic mass is 10.1. The van der Waals surface area contributed by atoms with Crippen LogP contribution in [0.2, 0.25) is 5.02 Å². The van der Waals surface area contributed by atoms with Crippen LogP contribution < -0.4 is 5.32 Å². The molecule has 1 aliphatic heterocycles. The highest BCUT2D eigenvalue weighted by atomic mass is 35.5. The molecule has 1 unspecified atom stereocenters. The second kappa shape index (κ2) is 10.7. The van der Waals surface area contributed by atoms with Gasteiger partial charge in [0, 0.05) is 23.3 Å². The van der Waals surface area contributed by atoms with E-state index in [2.05, 4.69) is 10.2 Å². The summed E-state index contributed by atoms with van der Waals surface area (Å²) < 4.78 is 0. The molecular weight excluding hydrogens is 377 g/mol. The predicted octanol–water partition coefficient (Wildman–Crippen LogP) is 2.88. The molecule has 26 heavy (non-hydrogen) atoms. The maximum atomic E-state index is 12.3. The Morgan fingerprint density at radius 2 is 2.08 bits per heavy atom. The number of carbonyl (C=O) groups excluding carboxylic acids is 1. The summed E-state index contributed by atoms with van der Waals surface area (Å²) in [5.74, 6) is -0.843. The van der Waals surface area contributed by atoms with Crippen molar-refractivity contribution in [2.75, 3.05) is 38.5 Å². The number of likely N-dealkylation sites (tertiary alicyclic amines) is 1. The van der Waals surface area contributed by atoms with Crippen LogP contribution in [0.25, 0.3) is 0 Å². The van der Waals surface area contributed by atoms with Gasteiger partial charge in [-0.15, -0.1) is 12.4 Å². The molecule has 2 rings (SSSR count).